The smallest absolute Gasteiger partial charge is 0.254 e. The fourth-order valence-corrected chi connectivity index (χ4v) is 4.56. The van der Waals surface area contributed by atoms with Gasteiger partial charge in [-0.1, -0.05) is 0 Å². The second-order valence-corrected chi connectivity index (χ2v) is 10.1. The number of nitrogens with one attached hydrogen (secondary N) is 1. The first-order valence-corrected chi connectivity index (χ1v) is 12.4. The number of sulfonamides is 1. The molecule has 2 aromatic heterocycles. The molecule has 0 spiro atoms. The van der Waals surface area contributed by atoms with Crippen molar-refractivity contribution in [3.8, 4) is 5.69 Å². The number of benzene rings is 1. The van der Waals surface area contributed by atoms with Crippen molar-refractivity contribution in [2.45, 2.75) is 40.3 Å². The maximum Gasteiger partial charge on any atom is 0.254 e. The molecule has 168 valence electrons. The molecule has 9 heteroatoms. The summed E-state index contributed by atoms with van der Waals surface area (Å²) in [5.74, 6) is -0.0352. The van der Waals surface area contributed by atoms with E-state index in [-0.39, 0.29) is 12.5 Å². The Morgan fingerprint density at radius 2 is 1.88 bits per heavy atom. The van der Waals surface area contributed by atoms with Crippen LogP contribution >= 0.6 is 0 Å². The van der Waals surface area contributed by atoms with Crippen molar-refractivity contribution in [1.29, 1.82) is 0 Å². The van der Waals surface area contributed by atoms with Crippen molar-refractivity contribution in [2.75, 3.05) is 12.8 Å². The molecule has 0 unspecified atom stereocenters. The number of hydrogen-bond donors (Lipinski definition) is 1. The summed E-state index contributed by atoms with van der Waals surface area (Å²) in [6, 6.07) is 9.49. The molecule has 0 bridgehead atoms. The van der Waals surface area contributed by atoms with Crippen LogP contribution in [0.15, 0.2) is 36.5 Å². The standard InChI is InChI=1S/C23H27N5O3S/c1-15-11-16(2)28(26-15)20-7-5-18(6-8-20)23(29)27-10-9-21-19(14-27)12-24-17(3)22(21)13-25-32(4,30)31/h5-8,11-12,25H,9-10,13-14H2,1-4H3. The van der Waals surface area contributed by atoms with Crippen LogP contribution in [0.3, 0.4) is 0 Å². The molecule has 32 heavy (non-hydrogen) atoms. The highest BCUT2D eigenvalue weighted by atomic mass is 32.2. The van der Waals surface area contributed by atoms with Gasteiger partial charge >= 0.3 is 0 Å². The van der Waals surface area contributed by atoms with Crippen LogP contribution in [0.25, 0.3) is 5.69 Å². The van der Waals surface area contributed by atoms with Gasteiger partial charge in [0.25, 0.3) is 5.91 Å². The number of pyridine rings is 1. The Labute approximate surface area is 188 Å². The average molecular weight is 454 g/mol. The van der Waals surface area contributed by atoms with Gasteiger partial charge in [0.15, 0.2) is 0 Å². The summed E-state index contributed by atoms with van der Waals surface area (Å²) in [5.41, 5.74) is 7.27. The van der Waals surface area contributed by atoms with Crippen LogP contribution in [-0.4, -0.2) is 46.8 Å². The quantitative estimate of drug-likeness (QED) is 0.640. The van der Waals surface area contributed by atoms with Crippen LogP contribution in [0, 0.1) is 20.8 Å². The molecule has 4 rings (SSSR count). The van der Waals surface area contributed by atoms with Crippen LogP contribution in [0.1, 0.15) is 44.1 Å². The predicted octanol–water partition coefficient (Wildman–Crippen LogP) is 2.44. The number of nitrogens with zero attached hydrogens (tertiary/aromatic N) is 4. The van der Waals surface area contributed by atoms with E-state index in [0.29, 0.717) is 25.1 Å². The van der Waals surface area contributed by atoms with E-state index >= 15 is 0 Å². The van der Waals surface area contributed by atoms with Crippen LogP contribution in [0.2, 0.25) is 0 Å². The van der Waals surface area contributed by atoms with E-state index in [4.69, 9.17) is 0 Å². The Bertz CT molecular complexity index is 1280. The summed E-state index contributed by atoms with van der Waals surface area (Å²) in [6.45, 7) is 7.06. The summed E-state index contributed by atoms with van der Waals surface area (Å²) in [4.78, 5) is 19.4. The number of carbonyl (C=O) groups is 1. The molecule has 0 atom stereocenters. The SMILES string of the molecule is Cc1cc(C)n(-c2ccc(C(=O)N3CCc4c(cnc(C)c4CNS(C)(=O)=O)C3)cc2)n1. The lowest BCUT2D eigenvalue weighted by Gasteiger charge is -2.30. The van der Waals surface area contributed by atoms with Gasteiger partial charge in [0.2, 0.25) is 10.0 Å². The van der Waals surface area contributed by atoms with Gasteiger partial charge < -0.3 is 4.90 Å². The molecule has 1 N–H and O–H groups in total. The lowest BCUT2D eigenvalue weighted by atomic mass is 9.94. The number of aryl methyl sites for hydroxylation is 3. The third kappa shape index (κ3) is 4.58. The Morgan fingerprint density at radius 3 is 2.50 bits per heavy atom. The first-order valence-electron chi connectivity index (χ1n) is 10.5. The Balaban J connectivity index is 1.52. The van der Waals surface area contributed by atoms with E-state index in [1.807, 2.05) is 60.7 Å². The third-order valence-electron chi connectivity index (χ3n) is 5.76. The zero-order valence-corrected chi connectivity index (χ0v) is 19.5. The van der Waals surface area contributed by atoms with Gasteiger partial charge in [-0.3, -0.25) is 9.78 Å². The molecule has 1 aromatic carbocycles. The molecule has 0 radical (unpaired) electrons. The highest BCUT2D eigenvalue weighted by molar-refractivity contribution is 7.88. The number of fused-ring (bicyclic) bond motifs is 1. The Morgan fingerprint density at radius 1 is 1.16 bits per heavy atom. The molecule has 3 heterocycles. The summed E-state index contributed by atoms with van der Waals surface area (Å²) in [6.07, 6.45) is 3.60. The van der Waals surface area contributed by atoms with Gasteiger partial charge in [-0.15, -0.1) is 0 Å². The van der Waals surface area contributed by atoms with Crippen molar-refractivity contribution >= 4 is 15.9 Å². The number of amides is 1. The Hall–Kier alpha value is -3.04. The van der Waals surface area contributed by atoms with Crippen LogP contribution < -0.4 is 4.72 Å². The van der Waals surface area contributed by atoms with Crippen molar-refractivity contribution in [3.05, 3.63) is 75.9 Å². The first kappa shape index (κ1) is 22.2. The zero-order chi connectivity index (χ0) is 23.0. The molecule has 0 saturated carbocycles. The predicted molar refractivity (Wildman–Crippen MR) is 122 cm³/mol. The van der Waals surface area contributed by atoms with Gasteiger partial charge in [-0.2, -0.15) is 5.10 Å². The monoisotopic (exact) mass is 453 g/mol. The minimum atomic E-state index is -3.30. The van der Waals surface area contributed by atoms with E-state index in [2.05, 4.69) is 14.8 Å². The van der Waals surface area contributed by atoms with E-state index in [1.165, 1.54) is 0 Å². The van der Waals surface area contributed by atoms with Gasteiger partial charge in [-0.05, 0) is 74.2 Å². The van der Waals surface area contributed by atoms with Crippen LogP contribution in [-0.2, 0) is 29.5 Å². The lowest BCUT2D eigenvalue weighted by molar-refractivity contribution is 0.0734. The molecule has 8 nitrogen and oxygen atoms in total. The van der Waals surface area contributed by atoms with E-state index in [0.717, 1.165) is 45.7 Å². The number of hydrogen-bond acceptors (Lipinski definition) is 5. The molecular formula is C23H27N5O3S. The van der Waals surface area contributed by atoms with Crippen LogP contribution in [0.5, 0.6) is 0 Å². The summed E-state index contributed by atoms with van der Waals surface area (Å²) in [7, 11) is -3.30. The van der Waals surface area contributed by atoms with Crippen LogP contribution in [0.4, 0.5) is 0 Å². The molecule has 3 aromatic rings. The Kier molecular flexibility index (Phi) is 5.87. The summed E-state index contributed by atoms with van der Waals surface area (Å²) < 4.78 is 27.5. The molecular weight excluding hydrogens is 426 g/mol. The van der Waals surface area contributed by atoms with Crippen molar-refractivity contribution < 1.29 is 13.2 Å². The molecule has 1 aliphatic heterocycles. The second-order valence-electron chi connectivity index (χ2n) is 8.28. The molecule has 0 fully saturated rings. The number of rotatable bonds is 5. The maximum atomic E-state index is 13.1. The van der Waals surface area contributed by atoms with E-state index in [1.54, 1.807) is 6.20 Å². The van der Waals surface area contributed by atoms with Crippen molar-refractivity contribution in [3.63, 3.8) is 0 Å². The highest BCUT2D eigenvalue weighted by Gasteiger charge is 2.25. The maximum absolute atomic E-state index is 13.1. The average Bonchev–Trinajstić information content (AvgIpc) is 3.09. The lowest BCUT2D eigenvalue weighted by Crippen LogP contribution is -2.37. The fraction of sp³-hybridized carbons (Fsp3) is 0.348. The summed E-state index contributed by atoms with van der Waals surface area (Å²) >= 11 is 0. The first-order chi connectivity index (χ1) is 15.1. The van der Waals surface area contributed by atoms with Gasteiger partial charge in [0, 0.05) is 42.8 Å². The van der Waals surface area contributed by atoms with E-state index in [9.17, 15) is 13.2 Å². The molecule has 1 amide bonds. The normalized spacial score (nSPS) is 13.8. The van der Waals surface area contributed by atoms with Gasteiger partial charge in [-0.25, -0.2) is 17.8 Å². The van der Waals surface area contributed by atoms with Crippen molar-refractivity contribution in [1.82, 2.24) is 24.4 Å². The fourth-order valence-electron chi connectivity index (χ4n) is 4.15. The molecule has 1 aliphatic rings. The largest absolute Gasteiger partial charge is 0.334 e. The number of carbonyl (C=O) groups excluding carboxylic acids is 1. The number of aromatic nitrogens is 3. The molecule has 0 aliphatic carbocycles. The molecule has 0 saturated heterocycles. The zero-order valence-electron chi connectivity index (χ0n) is 18.7. The van der Waals surface area contributed by atoms with Gasteiger partial charge in [0.1, 0.15) is 0 Å². The van der Waals surface area contributed by atoms with Gasteiger partial charge in [0.05, 0.1) is 17.6 Å². The second kappa shape index (κ2) is 8.48. The topological polar surface area (TPSA) is 97.2 Å². The third-order valence-corrected chi connectivity index (χ3v) is 6.43. The van der Waals surface area contributed by atoms with E-state index < -0.39 is 10.0 Å². The summed E-state index contributed by atoms with van der Waals surface area (Å²) in [5, 5.41) is 4.49. The van der Waals surface area contributed by atoms with Crippen molar-refractivity contribution in [2.24, 2.45) is 0 Å². The minimum absolute atomic E-state index is 0.0352. The highest BCUT2D eigenvalue weighted by Crippen LogP contribution is 2.25. The minimum Gasteiger partial charge on any atom is -0.334 e.